The van der Waals surface area contributed by atoms with Gasteiger partial charge in [0.25, 0.3) is 0 Å². The number of aromatic nitrogens is 1. The van der Waals surface area contributed by atoms with Crippen LogP contribution in [0, 0.1) is 17.8 Å². The molecule has 4 fully saturated rings. The van der Waals surface area contributed by atoms with Crippen molar-refractivity contribution in [2.75, 3.05) is 13.1 Å². The minimum Gasteiger partial charge on any atom is -0.353 e. The molecular weight excluding hydrogens is 436 g/mol. The summed E-state index contributed by atoms with van der Waals surface area (Å²) in [5.74, 6) is 2.20. The van der Waals surface area contributed by atoms with Gasteiger partial charge in [0.15, 0.2) is 0 Å². The highest BCUT2D eigenvalue weighted by Crippen LogP contribution is 2.55. The van der Waals surface area contributed by atoms with Gasteiger partial charge in [-0.1, -0.05) is 36.4 Å². The average Bonchev–Trinajstić information content (AvgIpc) is 3.22. The van der Waals surface area contributed by atoms with Gasteiger partial charge in [0.05, 0.1) is 6.54 Å². The second kappa shape index (κ2) is 9.92. The lowest BCUT2D eigenvalue weighted by Gasteiger charge is -2.57. The number of rotatable bonds is 9. The molecule has 6 nitrogen and oxygen atoms in total. The molecule has 4 bridgehead atoms. The molecule has 0 unspecified atom stereocenters. The summed E-state index contributed by atoms with van der Waals surface area (Å²) in [5, 5.41) is 3.42. The normalized spacial score (nSPS) is 26.4. The Morgan fingerprint density at radius 1 is 1.00 bits per heavy atom. The van der Waals surface area contributed by atoms with Gasteiger partial charge in [-0.2, -0.15) is 0 Å². The van der Waals surface area contributed by atoms with E-state index < -0.39 is 0 Å². The van der Waals surface area contributed by atoms with Crippen molar-refractivity contribution in [3.63, 3.8) is 0 Å². The number of carbonyl (C=O) groups is 2. The number of hydrogen-bond donors (Lipinski definition) is 1. The molecule has 0 saturated heterocycles. The summed E-state index contributed by atoms with van der Waals surface area (Å²) in [7, 11) is 1.99. The van der Waals surface area contributed by atoms with Crippen molar-refractivity contribution in [3.8, 4) is 0 Å². The van der Waals surface area contributed by atoms with E-state index in [1.165, 1.54) is 19.3 Å². The second-order valence-corrected chi connectivity index (χ2v) is 11.1. The maximum atomic E-state index is 13.6. The number of nitrogens with one attached hydrogen (secondary N) is 1. The van der Waals surface area contributed by atoms with Crippen LogP contribution in [0.3, 0.4) is 0 Å². The number of urea groups is 1. The van der Waals surface area contributed by atoms with Crippen LogP contribution in [0.2, 0.25) is 0 Å². The Kier molecular flexibility index (Phi) is 6.72. The third kappa shape index (κ3) is 5.31. The van der Waals surface area contributed by atoms with Crippen LogP contribution in [0.25, 0.3) is 0 Å². The van der Waals surface area contributed by atoms with E-state index in [1.54, 1.807) is 11.0 Å². The van der Waals surface area contributed by atoms with Crippen molar-refractivity contribution in [3.05, 3.63) is 72.6 Å². The highest BCUT2D eigenvalue weighted by molar-refractivity contribution is 5.84. The molecule has 35 heavy (non-hydrogen) atoms. The zero-order valence-electron chi connectivity index (χ0n) is 20.9. The molecule has 4 saturated carbocycles. The number of carbonyl (C=O) groups excluding carboxylic acids is 2. The topological polar surface area (TPSA) is 57.6 Å². The lowest BCUT2D eigenvalue weighted by Crippen LogP contribution is -2.62. The Balaban J connectivity index is 1.29. The number of amides is 3. The molecule has 0 radical (unpaired) electrons. The first-order valence-corrected chi connectivity index (χ1v) is 13.0. The van der Waals surface area contributed by atoms with Gasteiger partial charge in [-0.05, 0) is 74.0 Å². The van der Waals surface area contributed by atoms with Gasteiger partial charge in [-0.25, -0.2) is 4.79 Å². The third-order valence-corrected chi connectivity index (χ3v) is 8.35. The van der Waals surface area contributed by atoms with Crippen molar-refractivity contribution < 1.29 is 9.59 Å². The first-order chi connectivity index (χ1) is 16.9. The highest BCUT2D eigenvalue weighted by Gasteiger charge is 2.51. The van der Waals surface area contributed by atoms with Crippen LogP contribution in [0.4, 0.5) is 4.79 Å². The predicted molar refractivity (Wildman–Crippen MR) is 137 cm³/mol. The highest BCUT2D eigenvalue weighted by atomic mass is 16.2. The summed E-state index contributed by atoms with van der Waals surface area (Å²) in [5.41, 5.74) is 2.05. The summed E-state index contributed by atoms with van der Waals surface area (Å²) in [4.78, 5) is 30.6. The predicted octanol–water partition coefficient (Wildman–Crippen LogP) is 4.72. The van der Waals surface area contributed by atoms with Crippen molar-refractivity contribution in [1.82, 2.24) is 19.7 Å². The van der Waals surface area contributed by atoms with Gasteiger partial charge in [0, 0.05) is 37.6 Å². The molecule has 4 aliphatic rings. The fraction of sp³-hybridized carbons (Fsp3) is 0.517. The number of hydrogen-bond acceptors (Lipinski definition) is 2. The SMILES string of the molecule is C=CCN(CC(=O)N(Cc1ccccc1)Cc1cccn1C)C(=O)NC12CC3CC(CC(C3)C1)C2. The van der Waals surface area contributed by atoms with E-state index >= 15 is 0 Å². The molecule has 4 aliphatic carbocycles. The lowest BCUT2D eigenvalue weighted by atomic mass is 9.53. The average molecular weight is 475 g/mol. The summed E-state index contributed by atoms with van der Waals surface area (Å²) >= 11 is 0. The molecule has 2 aromatic rings. The molecule has 0 atom stereocenters. The monoisotopic (exact) mass is 474 g/mol. The molecule has 0 spiro atoms. The van der Waals surface area contributed by atoms with Crippen LogP contribution in [0.1, 0.15) is 49.8 Å². The molecule has 1 aromatic carbocycles. The van der Waals surface area contributed by atoms with Gasteiger partial charge >= 0.3 is 6.03 Å². The van der Waals surface area contributed by atoms with Gasteiger partial charge in [0.2, 0.25) is 5.91 Å². The van der Waals surface area contributed by atoms with Gasteiger partial charge in [-0.15, -0.1) is 6.58 Å². The Morgan fingerprint density at radius 2 is 1.66 bits per heavy atom. The molecule has 1 N–H and O–H groups in total. The zero-order valence-corrected chi connectivity index (χ0v) is 20.9. The van der Waals surface area contributed by atoms with E-state index in [1.807, 2.05) is 65.2 Å². The van der Waals surface area contributed by atoms with E-state index in [0.29, 0.717) is 19.6 Å². The minimum atomic E-state index is -0.126. The summed E-state index contributed by atoms with van der Waals surface area (Å²) in [6, 6.07) is 13.9. The summed E-state index contributed by atoms with van der Waals surface area (Å²) in [6.45, 7) is 5.25. The van der Waals surface area contributed by atoms with Gasteiger partial charge in [0.1, 0.15) is 6.54 Å². The minimum absolute atomic E-state index is 0.0431. The maximum Gasteiger partial charge on any atom is 0.318 e. The van der Waals surface area contributed by atoms with E-state index in [0.717, 1.165) is 48.3 Å². The number of benzene rings is 1. The van der Waals surface area contributed by atoms with Crippen LogP contribution in [0.5, 0.6) is 0 Å². The number of nitrogens with zero attached hydrogens (tertiary/aromatic N) is 3. The van der Waals surface area contributed by atoms with Crippen molar-refractivity contribution in [2.45, 2.75) is 57.2 Å². The molecular formula is C29H38N4O2. The third-order valence-electron chi connectivity index (χ3n) is 8.35. The van der Waals surface area contributed by atoms with E-state index in [9.17, 15) is 9.59 Å². The fourth-order valence-corrected chi connectivity index (χ4v) is 7.10. The standard InChI is InChI=1S/C29H38N4O2/c1-3-11-32(28(35)30-29-16-23-13-24(17-29)15-25(14-23)18-29)21-27(34)33(19-22-8-5-4-6-9-22)20-26-10-7-12-31(26)2/h3-10,12,23-25H,1,11,13-21H2,2H3,(H,30,35). The van der Waals surface area contributed by atoms with E-state index in [4.69, 9.17) is 0 Å². The quantitative estimate of drug-likeness (QED) is 0.535. The molecule has 6 heteroatoms. The van der Waals surface area contributed by atoms with Gasteiger partial charge in [-0.3, -0.25) is 4.79 Å². The van der Waals surface area contributed by atoms with Crippen LogP contribution < -0.4 is 5.32 Å². The van der Waals surface area contributed by atoms with Crippen molar-refractivity contribution >= 4 is 11.9 Å². The van der Waals surface area contributed by atoms with Crippen LogP contribution >= 0.6 is 0 Å². The Morgan fingerprint density at radius 3 is 2.23 bits per heavy atom. The van der Waals surface area contributed by atoms with Crippen LogP contribution in [-0.4, -0.2) is 44.9 Å². The largest absolute Gasteiger partial charge is 0.353 e. The maximum absolute atomic E-state index is 13.6. The molecule has 0 aliphatic heterocycles. The first kappa shape index (κ1) is 23.7. The van der Waals surface area contributed by atoms with Crippen LogP contribution in [0.15, 0.2) is 61.3 Å². The molecule has 1 heterocycles. The van der Waals surface area contributed by atoms with E-state index in [-0.39, 0.29) is 24.0 Å². The van der Waals surface area contributed by atoms with Gasteiger partial charge < -0.3 is 19.7 Å². The Hall–Kier alpha value is -3.02. The second-order valence-electron chi connectivity index (χ2n) is 11.1. The molecule has 6 rings (SSSR count). The van der Waals surface area contributed by atoms with Crippen molar-refractivity contribution in [1.29, 1.82) is 0 Å². The Bertz CT molecular complexity index is 1020. The molecule has 1 aromatic heterocycles. The van der Waals surface area contributed by atoms with Crippen LogP contribution in [-0.2, 0) is 24.9 Å². The Labute approximate surface area is 209 Å². The van der Waals surface area contributed by atoms with E-state index in [2.05, 4.69) is 11.9 Å². The smallest absolute Gasteiger partial charge is 0.318 e. The molecule has 3 amide bonds. The molecule has 186 valence electrons. The fourth-order valence-electron chi connectivity index (χ4n) is 7.10. The first-order valence-electron chi connectivity index (χ1n) is 13.0. The summed E-state index contributed by atoms with van der Waals surface area (Å²) in [6.07, 6.45) is 11.0. The zero-order chi connectivity index (χ0) is 24.4. The number of aryl methyl sites for hydroxylation is 1. The summed E-state index contributed by atoms with van der Waals surface area (Å²) < 4.78 is 2.03. The van der Waals surface area contributed by atoms with Crippen molar-refractivity contribution in [2.24, 2.45) is 24.8 Å². The lowest BCUT2D eigenvalue weighted by molar-refractivity contribution is -0.133.